The van der Waals surface area contributed by atoms with Crippen LogP contribution in [-0.4, -0.2) is 24.0 Å². The zero-order valence-electron chi connectivity index (χ0n) is 17.6. The number of carboxylic acid groups (broad SMARTS) is 1. The number of rotatable bonds is 7. The molecule has 0 spiro atoms. The van der Waals surface area contributed by atoms with Crippen molar-refractivity contribution in [1.82, 2.24) is 5.32 Å². The van der Waals surface area contributed by atoms with Crippen LogP contribution in [0.5, 0.6) is 5.75 Å². The highest BCUT2D eigenvalue weighted by molar-refractivity contribution is 5.99. The van der Waals surface area contributed by atoms with Crippen LogP contribution >= 0.6 is 0 Å². The first kappa shape index (κ1) is 22.5. The Hall–Kier alpha value is -3.79. The van der Waals surface area contributed by atoms with E-state index in [2.05, 4.69) is 31.1 Å². The summed E-state index contributed by atoms with van der Waals surface area (Å²) in [6.45, 7) is 6.58. The second kappa shape index (κ2) is 9.61. The van der Waals surface area contributed by atoms with E-state index in [9.17, 15) is 15.2 Å². The summed E-state index contributed by atoms with van der Waals surface area (Å²) in [5.41, 5.74) is 8.22. The van der Waals surface area contributed by atoms with Gasteiger partial charge in [-0.05, 0) is 28.7 Å². The maximum absolute atomic E-state index is 11.5. The van der Waals surface area contributed by atoms with Gasteiger partial charge >= 0.3 is 5.97 Å². The molecule has 30 heavy (non-hydrogen) atoms. The van der Waals surface area contributed by atoms with Crippen LogP contribution in [0.3, 0.4) is 0 Å². The fourth-order valence-electron chi connectivity index (χ4n) is 2.64. The van der Waals surface area contributed by atoms with Crippen molar-refractivity contribution < 1.29 is 14.6 Å². The summed E-state index contributed by atoms with van der Waals surface area (Å²) in [5.74, 6) is -0.659. The Morgan fingerprint density at radius 1 is 1.17 bits per heavy atom. The lowest BCUT2D eigenvalue weighted by atomic mass is 9.86. The van der Waals surface area contributed by atoms with E-state index in [1.165, 1.54) is 0 Å². The molecule has 0 aliphatic heterocycles. The van der Waals surface area contributed by atoms with Gasteiger partial charge in [0.1, 0.15) is 17.7 Å². The third-order valence-corrected chi connectivity index (χ3v) is 4.46. The average Bonchev–Trinajstić information content (AvgIpc) is 2.71. The zero-order chi connectivity index (χ0) is 22.3. The summed E-state index contributed by atoms with van der Waals surface area (Å²) in [7, 11) is 1.58. The Labute approximate surface area is 176 Å². The molecule has 0 aromatic heterocycles. The minimum atomic E-state index is -1.38. The SMILES string of the molecule is COc1ccc(CN/C(N=C(N)c2ccc(C(C)(C)C)cc2)=C(/C#N)C(=O)O)cc1. The lowest BCUT2D eigenvalue weighted by Gasteiger charge is -2.19. The highest BCUT2D eigenvalue weighted by atomic mass is 16.5. The molecule has 156 valence electrons. The largest absolute Gasteiger partial charge is 0.497 e. The normalized spacial score (nSPS) is 12.6. The molecule has 7 nitrogen and oxygen atoms in total. The van der Waals surface area contributed by atoms with Crippen LogP contribution in [0.1, 0.15) is 37.5 Å². The molecule has 0 unspecified atom stereocenters. The van der Waals surface area contributed by atoms with Crippen LogP contribution in [0, 0.1) is 11.3 Å². The molecule has 2 aromatic rings. The van der Waals surface area contributed by atoms with Crippen molar-refractivity contribution in [3.8, 4) is 11.8 Å². The van der Waals surface area contributed by atoms with Crippen molar-refractivity contribution in [3.63, 3.8) is 0 Å². The van der Waals surface area contributed by atoms with Gasteiger partial charge in [-0.15, -0.1) is 0 Å². The Kier molecular flexibility index (Phi) is 7.21. The molecule has 0 amide bonds. The minimum Gasteiger partial charge on any atom is -0.497 e. The van der Waals surface area contributed by atoms with Gasteiger partial charge in [0, 0.05) is 12.1 Å². The maximum atomic E-state index is 11.5. The number of nitrogens with zero attached hydrogens (tertiary/aromatic N) is 2. The number of nitrogens with one attached hydrogen (secondary N) is 1. The number of hydrogen-bond acceptors (Lipinski definition) is 5. The average molecular weight is 406 g/mol. The lowest BCUT2D eigenvalue weighted by molar-refractivity contribution is -0.132. The van der Waals surface area contributed by atoms with Crippen molar-refractivity contribution in [2.45, 2.75) is 32.7 Å². The molecule has 7 heteroatoms. The van der Waals surface area contributed by atoms with E-state index in [0.717, 1.165) is 11.1 Å². The molecule has 0 saturated carbocycles. The van der Waals surface area contributed by atoms with E-state index < -0.39 is 11.5 Å². The minimum absolute atomic E-state index is 0.00724. The van der Waals surface area contributed by atoms with Crippen LogP contribution in [0.15, 0.2) is 64.9 Å². The molecule has 4 N–H and O–H groups in total. The highest BCUT2D eigenvalue weighted by Gasteiger charge is 2.16. The molecule has 0 aliphatic carbocycles. The third-order valence-electron chi connectivity index (χ3n) is 4.46. The number of aliphatic carboxylic acids is 1. The molecule has 0 radical (unpaired) electrons. The van der Waals surface area contributed by atoms with Crippen molar-refractivity contribution in [3.05, 3.63) is 76.6 Å². The molecule has 0 atom stereocenters. The van der Waals surface area contributed by atoms with Gasteiger partial charge in [-0.25, -0.2) is 9.79 Å². The fraction of sp³-hybridized carbons (Fsp3) is 0.261. The monoisotopic (exact) mass is 406 g/mol. The Morgan fingerprint density at radius 2 is 1.77 bits per heavy atom. The van der Waals surface area contributed by atoms with Crippen LogP contribution in [0.4, 0.5) is 0 Å². The van der Waals surface area contributed by atoms with E-state index in [1.54, 1.807) is 25.3 Å². The summed E-state index contributed by atoms with van der Waals surface area (Å²) in [6.07, 6.45) is 0. The topological polar surface area (TPSA) is 121 Å². The molecular weight excluding hydrogens is 380 g/mol. The maximum Gasteiger partial charge on any atom is 0.350 e. The van der Waals surface area contributed by atoms with Gasteiger partial charge in [-0.2, -0.15) is 5.26 Å². The van der Waals surface area contributed by atoms with Crippen LogP contribution in [0.25, 0.3) is 0 Å². The summed E-state index contributed by atoms with van der Waals surface area (Å²) in [6, 6.07) is 16.5. The van der Waals surface area contributed by atoms with Gasteiger partial charge in [-0.3, -0.25) is 0 Å². The number of ether oxygens (including phenoxy) is 1. The lowest BCUT2D eigenvalue weighted by Crippen LogP contribution is -2.21. The molecule has 0 aliphatic rings. The molecule has 0 fully saturated rings. The molecule has 0 bridgehead atoms. The number of carbonyl (C=O) groups is 1. The van der Waals surface area contributed by atoms with Gasteiger partial charge in [0.25, 0.3) is 0 Å². The van der Waals surface area contributed by atoms with Crippen molar-refractivity contribution in [2.75, 3.05) is 7.11 Å². The van der Waals surface area contributed by atoms with Gasteiger partial charge in [-0.1, -0.05) is 57.2 Å². The molecule has 2 aromatic carbocycles. The molecule has 2 rings (SSSR count). The van der Waals surface area contributed by atoms with E-state index in [1.807, 2.05) is 36.4 Å². The molecule has 0 heterocycles. The van der Waals surface area contributed by atoms with Crippen molar-refractivity contribution in [1.29, 1.82) is 5.26 Å². The number of nitriles is 1. The van der Waals surface area contributed by atoms with Crippen molar-refractivity contribution >= 4 is 11.8 Å². The second-order valence-corrected chi connectivity index (χ2v) is 7.67. The quantitative estimate of drug-likeness (QED) is 0.281. The molecular formula is C23H26N4O3. The summed E-state index contributed by atoms with van der Waals surface area (Å²) < 4.78 is 5.12. The van der Waals surface area contributed by atoms with Crippen LogP contribution in [0.2, 0.25) is 0 Å². The summed E-state index contributed by atoms with van der Waals surface area (Å²) >= 11 is 0. The second-order valence-electron chi connectivity index (χ2n) is 7.67. The first-order valence-electron chi connectivity index (χ1n) is 9.35. The van der Waals surface area contributed by atoms with Crippen LogP contribution < -0.4 is 15.8 Å². The molecule has 0 saturated heterocycles. The standard InChI is InChI=1S/C23H26N4O3/c1-23(2,3)17-9-7-16(8-10-17)20(25)27-21(19(13-24)22(28)29)26-14-15-5-11-18(30-4)12-6-15/h5-12,26H,14H2,1-4H3,(H2,25,27)(H,28,29)/b21-19+. The first-order chi connectivity index (χ1) is 14.2. The van der Waals surface area contributed by atoms with Crippen LogP contribution in [-0.2, 0) is 16.8 Å². The Morgan fingerprint density at radius 3 is 2.23 bits per heavy atom. The summed E-state index contributed by atoms with van der Waals surface area (Å²) in [5, 5.41) is 21.6. The first-order valence-corrected chi connectivity index (χ1v) is 9.35. The number of benzene rings is 2. The Bertz CT molecular complexity index is 993. The van der Waals surface area contributed by atoms with Gasteiger partial charge < -0.3 is 20.9 Å². The van der Waals surface area contributed by atoms with E-state index >= 15 is 0 Å². The zero-order valence-corrected chi connectivity index (χ0v) is 17.6. The van der Waals surface area contributed by atoms with E-state index in [4.69, 9.17) is 10.5 Å². The number of methoxy groups -OCH3 is 1. The predicted octanol–water partition coefficient (Wildman–Crippen LogP) is 3.31. The fourth-order valence-corrected chi connectivity index (χ4v) is 2.64. The van der Waals surface area contributed by atoms with Crippen molar-refractivity contribution in [2.24, 2.45) is 10.7 Å². The smallest absolute Gasteiger partial charge is 0.350 e. The number of amidine groups is 1. The van der Waals surface area contributed by atoms with Gasteiger partial charge in [0.2, 0.25) is 0 Å². The Balaban J connectivity index is 2.32. The number of carboxylic acids is 1. The van der Waals surface area contributed by atoms with Gasteiger partial charge in [0.15, 0.2) is 11.4 Å². The van der Waals surface area contributed by atoms with E-state index in [-0.39, 0.29) is 23.6 Å². The number of nitrogens with two attached hydrogens (primary N) is 1. The summed E-state index contributed by atoms with van der Waals surface area (Å²) in [4.78, 5) is 15.7. The van der Waals surface area contributed by atoms with E-state index in [0.29, 0.717) is 11.3 Å². The number of hydrogen-bond donors (Lipinski definition) is 3. The highest BCUT2D eigenvalue weighted by Crippen LogP contribution is 2.22. The third kappa shape index (κ3) is 5.85. The predicted molar refractivity (Wildman–Crippen MR) is 116 cm³/mol. The van der Waals surface area contributed by atoms with Gasteiger partial charge in [0.05, 0.1) is 7.11 Å². The number of aliphatic imine (C=N–C) groups is 1.